The lowest BCUT2D eigenvalue weighted by Gasteiger charge is -2.34. The highest BCUT2D eigenvalue weighted by molar-refractivity contribution is 5.76. The standard InChI is InChI=1S/C21H32N2O4/c1-16(2)12-18-6-4-17(5-7-18)8-9-20(24)23-10-11-27-19(14-23)13-22(3)15-21(25)26/h4-7,16,19H,8-15H2,1-3H3,(H,25,26). The lowest BCUT2D eigenvalue weighted by Crippen LogP contribution is -2.49. The van der Waals surface area contributed by atoms with Crippen molar-refractivity contribution in [2.24, 2.45) is 5.92 Å². The summed E-state index contributed by atoms with van der Waals surface area (Å²) < 4.78 is 5.69. The molecular formula is C21H32N2O4. The number of carboxylic acid groups (broad SMARTS) is 1. The van der Waals surface area contributed by atoms with Gasteiger partial charge in [0.1, 0.15) is 0 Å². The van der Waals surface area contributed by atoms with Gasteiger partial charge in [-0.2, -0.15) is 0 Å². The first-order valence-corrected chi connectivity index (χ1v) is 9.71. The van der Waals surface area contributed by atoms with Crippen LogP contribution in [0.2, 0.25) is 0 Å². The van der Waals surface area contributed by atoms with E-state index < -0.39 is 5.97 Å². The fraction of sp³-hybridized carbons (Fsp3) is 0.619. The molecule has 1 heterocycles. The Morgan fingerprint density at radius 3 is 2.56 bits per heavy atom. The van der Waals surface area contributed by atoms with E-state index in [1.165, 1.54) is 11.1 Å². The summed E-state index contributed by atoms with van der Waals surface area (Å²) in [5, 5.41) is 8.84. The summed E-state index contributed by atoms with van der Waals surface area (Å²) in [6.07, 6.45) is 2.16. The Hall–Kier alpha value is -1.92. The normalized spacial score (nSPS) is 17.5. The summed E-state index contributed by atoms with van der Waals surface area (Å²) >= 11 is 0. The van der Waals surface area contributed by atoms with Crippen LogP contribution in [0.25, 0.3) is 0 Å². The molecular weight excluding hydrogens is 344 g/mol. The molecule has 1 N–H and O–H groups in total. The minimum absolute atomic E-state index is 0.0272. The van der Waals surface area contributed by atoms with Crippen molar-refractivity contribution in [2.75, 3.05) is 39.8 Å². The number of nitrogens with zero attached hydrogens (tertiary/aromatic N) is 2. The van der Waals surface area contributed by atoms with E-state index in [9.17, 15) is 9.59 Å². The van der Waals surface area contributed by atoms with Crippen molar-refractivity contribution >= 4 is 11.9 Å². The molecule has 1 aliphatic heterocycles. The van der Waals surface area contributed by atoms with Crippen LogP contribution in [0.5, 0.6) is 0 Å². The fourth-order valence-corrected chi connectivity index (χ4v) is 3.42. The zero-order chi connectivity index (χ0) is 19.8. The highest BCUT2D eigenvalue weighted by Gasteiger charge is 2.25. The van der Waals surface area contributed by atoms with Crippen molar-refractivity contribution in [2.45, 2.75) is 39.2 Å². The number of carbonyl (C=O) groups is 2. The molecule has 0 aromatic heterocycles. The Morgan fingerprint density at radius 2 is 1.93 bits per heavy atom. The summed E-state index contributed by atoms with van der Waals surface area (Å²) in [5.41, 5.74) is 2.52. The summed E-state index contributed by atoms with van der Waals surface area (Å²) in [7, 11) is 1.75. The van der Waals surface area contributed by atoms with Crippen LogP contribution in [-0.2, 0) is 27.2 Å². The van der Waals surface area contributed by atoms with E-state index in [0.29, 0.717) is 38.6 Å². The Morgan fingerprint density at radius 1 is 1.26 bits per heavy atom. The summed E-state index contributed by atoms with van der Waals surface area (Å²) in [4.78, 5) is 26.9. The second-order valence-corrected chi connectivity index (χ2v) is 7.84. The molecule has 0 spiro atoms. The van der Waals surface area contributed by atoms with E-state index in [4.69, 9.17) is 9.84 Å². The predicted molar refractivity (Wildman–Crippen MR) is 105 cm³/mol. The Bertz CT molecular complexity index is 615. The smallest absolute Gasteiger partial charge is 0.317 e. The number of carbonyl (C=O) groups excluding carboxylic acids is 1. The van der Waals surface area contributed by atoms with Gasteiger partial charge < -0.3 is 14.7 Å². The molecule has 2 rings (SSSR count). The first-order valence-electron chi connectivity index (χ1n) is 9.71. The number of benzene rings is 1. The highest BCUT2D eigenvalue weighted by Crippen LogP contribution is 2.13. The average Bonchev–Trinajstić information content (AvgIpc) is 2.60. The highest BCUT2D eigenvalue weighted by atomic mass is 16.5. The van der Waals surface area contributed by atoms with Gasteiger partial charge in [0.15, 0.2) is 0 Å². The van der Waals surface area contributed by atoms with Crippen molar-refractivity contribution in [1.29, 1.82) is 0 Å². The van der Waals surface area contributed by atoms with Crippen LogP contribution < -0.4 is 0 Å². The lowest BCUT2D eigenvalue weighted by molar-refractivity contribution is -0.142. The van der Waals surface area contributed by atoms with Crippen molar-refractivity contribution < 1.29 is 19.4 Å². The molecule has 1 atom stereocenters. The number of aryl methyl sites for hydroxylation is 1. The van der Waals surface area contributed by atoms with Crippen LogP contribution in [0.1, 0.15) is 31.4 Å². The monoisotopic (exact) mass is 376 g/mol. The van der Waals surface area contributed by atoms with Crippen LogP contribution in [-0.4, -0.2) is 72.7 Å². The molecule has 27 heavy (non-hydrogen) atoms. The predicted octanol–water partition coefficient (Wildman–Crippen LogP) is 2.06. The third kappa shape index (κ3) is 7.69. The van der Waals surface area contributed by atoms with Gasteiger partial charge in [0, 0.05) is 26.1 Å². The SMILES string of the molecule is CC(C)Cc1ccc(CCC(=O)N2CCOC(CN(C)CC(=O)O)C2)cc1. The number of hydrogen-bond donors (Lipinski definition) is 1. The maximum absolute atomic E-state index is 12.6. The van der Waals surface area contributed by atoms with Crippen LogP contribution in [0.3, 0.4) is 0 Å². The number of amides is 1. The third-order valence-corrected chi connectivity index (χ3v) is 4.71. The van der Waals surface area contributed by atoms with Crippen LogP contribution >= 0.6 is 0 Å². The number of rotatable bonds is 9. The first kappa shape index (κ1) is 21.4. The number of aliphatic carboxylic acids is 1. The summed E-state index contributed by atoms with van der Waals surface area (Å²) in [5.74, 6) is -0.0858. The molecule has 0 bridgehead atoms. The van der Waals surface area contributed by atoms with Crippen molar-refractivity contribution in [3.8, 4) is 0 Å². The lowest BCUT2D eigenvalue weighted by atomic mass is 10.0. The number of likely N-dealkylation sites (N-methyl/N-ethyl adjacent to an activating group) is 1. The second kappa shape index (κ2) is 10.4. The van der Waals surface area contributed by atoms with Crippen LogP contribution in [0.15, 0.2) is 24.3 Å². The van der Waals surface area contributed by atoms with E-state index >= 15 is 0 Å². The molecule has 1 unspecified atom stereocenters. The van der Waals surface area contributed by atoms with Gasteiger partial charge in [0.05, 0.1) is 19.3 Å². The molecule has 1 fully saturated rings. The zero-order valence-electron chi connectivity index (χ0n) is 16.7. The number of hydrogen-bond acceptors (Lipinski definition) is 4. The van der Waals surface area contributed by atoms with Gasteiger partial charge in [-0.1, -0.05) is 38.1 Å². The molecule has 150 valence electrons. The van der Waals surface area contributed by atoms with Crippen LogP contribution in [0, 0.1) is 5.92 Å². The molecule has 0 radical (unpaired) electrons. The minimum Gasteiger partial charge on any atom is -0.480 e. The van der Waals surface area contributed by atoms with E-state index in [-0.39, 0.29) is 18.6 Å². The van der Waals surface area contributed by atoms with E-state index in [2.05, 4.69) is 38.1 Å². The molecule has 1 aromatic carbocycles. The molecule has 1 aromatic rings. The molecule has 1 amide bonds. The van der Waals surface area contributed by atoms with Gasteiger partial charge in [-0.15, -0.1) is 0 Å². The number of carboxylic acids is 1. The number of ether oxygens (including phenoxy) is 1. The Kier molecular flexibility index (Phi) is 8.25. The first-order chi connectivity index (χ1) is 12.8. The maximum atomic E-state index is 12.6. The molecule has 0 aliphatic carbocycles. The van der Waals surface area contributed by atoms with Gasteiger partial charge in [0.2, 0.25) is 5.91 Å². The van der Waals surface area contributed by atoms with Gasteiger partial charge in [0.25, 0.3) is 0 Å². The summed E-state index contributed by atoms with van der Waals surface area (Å²) in [6.45, 7) is 6.53. The number of morpholine rings is 1. The Labute approximate surface area is 162 Å². The topological polar surface area (TPSA) is 70.1 Å². The molecule has 1 aliphatic rings. The van der Waals surface area contributed by atoms with Gasteiger partial charge in [-0.3, -0.25) is 14.5 Å². The third-order valence-electron chi connectivity index (χ3n) is 4.71. The van der Waals surface area contributed by atoms with E-state index in [1.54, 1.807) is 11.9 Å². The molecule has 1 saturated heterocycles. The minimum atomic E-state index is -0.861. The molecule has 6 nitrogen and oxygen atoms in total. The van der Waals surface area contributed by atoms with E-state index in [1.807, 2.05) is 4.90 Å². The van der Waals surface area contributed by atoms with Gasteiger partial charge >= 0.3 is 5.97 Å². The van der Waals surface area contributed by atoms with Gasteiger partial charge in [-0.05, 0) is 36.9 Å². The van der Waals surface area contributed by atoms with Crippen LogP contribution in [0.4, 0.5) is 0 Å². The maximum Gasteiger partial charge on any atom is 0.317 e. The van der Waals surface area contributed by atoms with Crippen molar-refractivity contribution in [3.05, 3.63) is 35.4 Å². The molecule has 0 saturated carbocycles. The second-order valence-electron chi connectivity index (χ2n) is 7.84. The average molecular weight is 376 g/mol. The zero-order valence-corrected chi connectivity index (χ0v) is 16.7. The fourth-order valence-electron chi connectivity index (χ4n) is 3.42. The van der Waals surface area contributed by atoms with Crippen molar-refractivity contribution in [1.82, 2.24) is 9.80 Å². The van der Waals surface area contributed by atoms with Gasteiger partial charge in [-0.25, -0.2) is 0 Å². The summed E-state index contributed by atoms with van der Waals surface area (Å²) in [6, 6.07) is 8.55. The molecule has 6 heteroatoms. The largest absolute Gasteiger partial charge is 0.480 e. The Balaban J connectivity index is 1.78. The quantitative estimate of drug-likeness (QED) is 0.714. The van der Waals surface area contributed by atoms with E-state index in [0.717, 1.165) is 12.8 Å². The van der Waals surface area contributed by atoms with Crippen molar-refractivity contribution in [3.63, 3.8) is 0 Å².